The lowest BCUT2D eigenvalue weighted by atomic mass is 9.77. The van der Waals surface area contributed by atoms with Gasteiger partial charge < -0.3 is 0 Å². The van der Waals surface area contributed by atoms with Crippen molar-refractivity contribution in [3.8, 4) is 0 Å². The average molecular weight is 627 g/mol. The molecule has 4 rings (SSSR count). The van der Waals surface area contributed by atoms with Gasteiger partial charge in [0.2, 0.25) is 0 Å². The third-order valence-electron chi connectivity index (χ3n) is 11.9. The summed E-state index contributed by atoms with van der Waals surface area (Å²) < 4.78 is 0. The SMILES string of the molecule is CCCCCC1CCC(c2ccc(CCCCCC(=O)CCCCCc3ccc(C4CCC(CCCCC)CC4)cc3)cc2)CC1. The highest BCUT2D eigenvalue weighted by atomic mass is 16.1. The number of benzene rings is 2. The lowest BCUT2D eigenvalue weighted by molar-refractivity contribution is -0.119. The largest absolute Gasteiger partial charge is 0.300 e. The van der Waals surface area contributed by atoms with E-state index in [1.807, 2.05) is 0 Å². The fourth-order valence-corrected chi connectivity index (χ4v) is 8.63. The van der Waals surface area contributed by atoms with E-state index >= 15 is 0 Å². The van der Waals surface area contributed by atoms with Gasteiger partial charge in [-0.05, 0) is 136 Å². The Morgan fingerprint density at radius 1 is 0.478 bits per heavy atom. The molecule has 0 aromatic heterocycles. The Morgan fingerprint density at radius 2 is 0.870 bits per heavy atom. The molecule has 2 saturated carbocycles. The molecular weight excluding hydrogens is 556 g/mol. The van der Waals surface area contributed by atoms with Gasteiger partial charge in [0, 0.05) is 12.8 Å². The van der Waals surface area contributed by atoms with E-state index in [0.717, 1.165) is 62.2 Å². The predicted molar refractivity (Wildman–Crippen MR) is 200 cm³/mol. The summed E-state index contributed by atoms with van der Waals surface area (Å²) in [7, 11) is 0. The molecule has 0 atom stereocenters. The van der Waals surface area contributed by atoms with E-state index in [4.69, 9.17) is 0 Å². The van der Waals surface area contributed by atoms with Crippen LogP contribution in [0.2, 0.25) is 0 Å². The zero-order valence-electron chi connectivity index (χ0n) is 30.2. The lowest BCUT2D eigenvalue weighted by Crippen LogP contribution is -2.13. The molecule has 46 heavy (non-hydrogen) atoms. The fourth-order valence-electron chi connectivity index (χ4n) is 8.63. The Morgan fingerprint density at radius 3 is 1.24 bits per heavy atom. The van der Waals surface area contributed by atoms with Gasteiger partial charge in [-0.3, -0.25) is 4.79 Å². The Bertz CT molecular complexity index is 964. The minimum absolute atomic E-state index is 0.480. The second-order valence-electron chi connectivity index (χ2n) is 15.6. The molecule has 0 heterocycles. The topological polar surface area (TPSA) is 17.1 Å². The maximum atomic E-state index is 12.5. The summed E-state index contributed by atoms with van der Waals surface area (Å²) in [6.07, 6.45) is 33.3. The molecule has 0 bridgehead atoms. The molecule has 2 aliphatic rings. The number of carbonyl (C=O) groups is 1. The number of carbonyl (C=O) groups excluding carboxylic acids is 1. The van der Waals surface area contributed by atoms with Crippen LogP contribution in [0.25, 0.3) is 0 Å². The van der Waals surface area contributed by atoms with Crippen molar-refractivity contribution in [1.29, 1.82) is 0 Å². The first-order valence-corrected chi connectivity index (χ1v) is 20.3. The first-order valence-electron chi connectivity index (χ1n) is 20.3. The van der Waals surface area contributed by atoms with Gasteiger partial charge in [-0.1, -0.05) is 127 Å². The van der Waals surface area contributed by atoms with Crippen molar-refractivity contribution >= 4 is 5.78 Å². The summed E-state index contributed by atoms with van der Waals surface area (Å²) in [6, 6.07) is 19.2. The van der Waals surface area contributed by atoms with Crippen LogP contribution in [0.5, 0.6) is 0 Å². The number of Topliss-reactive ketones (excluding diaryl/α,β-unsaturated/α-hetero) is 1. The number of hydrogen-bond acceptors (Lipinski definition) is 1. The maximum absolute atomic E-state index is 12.5. The van der Waals surface area contributed by atoms with Gasteiger partial charge >= 0.3 is 0 Å². The standard InChI is InChI=1S/C45H70O/c1-3-5-9-15-37-21-29-41(30-22-37)43-33-25-39(26-34-43)17-11-7-13-19-45(46)20-14-8-12-18-40-27-35-44(36-28-40)42-31-23-38(24-32-42)16-10-6-4-2/h25-28,33-38,41-42H,3-24,29-32H2,1-2H3. The van der Waals surface area contributed by atoms with E-state index in [1.54, 1.807) is 11.1 Å². The van der Waals surface area contributed by atoms with Crippen LogP contribution < -0.4 is 0 Å². The van der Waals surface area contributed by atoms with Crippen LogP contribution in [0.1, 0.15) is 202 Å². The maximum Gasteiger partial charge on any atom is 0.132 e. The van der Waals surface area contributed by atoms with Crippen molar-refractivity contribution in [2.45, 2.75) is 193 Å². The first kappa shape index (κ1) is 36.9. The summed E-state index contributed by atoms with van der Waals surface area (Å²) in [5.74, 6) is 4.03. The smallest absolute Gasteiger partial charge is 0.132 e. The third-order valence-corrected chi connectivity index (χ3v) is 11.9. The molecule has 0 aliphatic heterocycles. The highest BCUT2D eigenvalue weighted by Gasteiger charge is 2.23. The predicted octanol–water partition coefficient (Wildman–Crippen LogP) is 13.9. The number of rotatable bonds is 22. The van der Waals surface area contributed by atoms with E-state index in [1.165, 1.54) is 140 Å². The molecule has 0 unspecified atom stereocenters. The van der Waals surface area contributed by atoms with Gasteiger partial charge in [-0.15, -0.1) is 0 Å². The molecule has 256 valence electrons. The third kappa shape index (κ3) is 13.7. The summed E-state index contributed by atoms with van der Waals surface area (Å²) >= 11 is 0. The van der Waals surface area contributed by atoms with E-state index in [-0.39, 0.29) is 0 Å². The van der Waals surface area contributed by atoms with E-state index < -0.39 is 0 Å². The second-order valence-corrected chi connectivity index (χ2v) is 15.6. The van der Waals surface area contributed by atoms with Crippen molar-refractivity contribution in [2.75, 3.05) is 0 Å². The van der Waals surface area contributed by atoms with Crippen molar-refractivity contribution < 1.29 is 4.79 Å². The molecule has 1 heteroatoms. The minimum Gasteiger partial charge on any atom is -0.300 e. The van der Waals surface area contributed by atoms with Crippen LogP contribution in [0.15, 0.2) is 48.5 Å². The van der Waals surface area contributed by atoms with Gasteiger partial charge in [0.15, 0.2) is 0 Å². The normalized spacial score (nSPS) is 21.8. The van der Waals surface area contributed by atoms with Crippen LogP contribution in [0.4, 0.5) is 0 Å². The Balaban J connectivity index is 0.981. The fraction of sp³-hybridized carbons (Fsp3) is 0.711. The summed E-state index contributed by atoms with van der Waals surface area (Å²) in [5.41, 5.74) is 6.08. The van der Waals surface area contributed by atoms with Crippen LogP contribution >= 0.6 is 0 Å². The number of unbranched alkanes of at least 4 members (excludes halogenated alkanes) is 8. The van der Waals surface area contributed by atoms with Gasteiger partial charge in [0.05, 0.1) is 0 Å². The van der Waals surface area contributed by atoms with Gasteiger partial charge in [-0.25, -0.2) is 0 Å². The van der Waals surface area contributed by atoms with E-state index in [9.17, 15) is 4.79 Å². The zero-order valence-corrected chi connectivity index (χ0v) is 30.2. The van der Waals surface area contributed by atoms with E-state index in [0.29, 0.717) is 5.78 Å². The molecule has 0 saturated heterocycles. The zero-order chi connectivity index (χ0) is 32.2. The molecule has 2 aromatic rings. The Labute approximate surface area is 285 Å². The molecule has 2 aromatic carbocycles. The first-order chi connectivity index (χ1) is 22.6. The molecule has 2 fully saturated rings. The van der Waals surface area contributed by atoms with Crippen molar-refractivity contribution in [3.63, 3.8) is 0 Å². The van der Waals surface area contributed by atoms with Crippen LogP contribution in [-0.2, 0) is 17.6 Å². The summed E-state index contributed by atoms with van der Waals surface area (Å²) in [5, 5.41) is 0. The molecule has 0 radical (unpaired) electrons. The minimum atomic E-state index is 0.480. The van der Waals surface area contributed by atoms with Crippen LogP contribution in [0, 0.1) is 11.8 Å². The summed E-state index contributed by atoms with van der Waals surface area (Å²) in [4.78, 5) is 12.5. The molecule has 0 N–H and O–H groups in total. The Kier molecular flexibility index (Phi) is 17.6. The van der Waals surface area contributed by atoms with Crippen LogP contribution in [-0.4, -0.2) is 5.78 Å². The van der Waals surface area contributed by atoms with Crippen LogP contribution in [0.3, 0.4) is 0 Å². The monoisotopic (exact) mass is 627 g/mol. The highest BCUT2D eigenvalue weighted by Crippen LogP contribution is 2.39. The number of hydrogen-bond donors (Lipinski definition) is 0. The van der Waals surface area contributed by atoms with Crippen molar-refractivity contribution in [2.24, 2.45) is 11.8 Å². The highest BCUT2D eigenvalue weighted by molar-refractivity contribution is 5.78. The number of aryl methyl sites for hydroxylation is 2. The molecule has 2 aliphatic carbocycles. The van der Waals surface area contributed by atoms with Crippen molar-refractivity contribution in [3.05, 3.63) is 70.8 Å². The molecule has 1 nitrogen and oxygen atoms in total. The molecule has 0 spiro atoms. The number of ketones is 1. The van der Waals surface area contributed by atoms with Crippen molar-refractivity contribution in [1.82, 2.24) is 0 Å². The summed E-state index contributed by atoms with van der Waals surface area (Å²) in [6.45, 7) is 4.62. The lowest BCUT2D eigenvalue weighted by Gasteiger charge is -2.29. The molecule has 0 amide bonds. The quantitative estimate of drug-likeness (QED) is 0.119. The molecular formula is C45H70O. The van der Waals surface area contributed by atoms with Gasteiger partial charge in [-0.2, -0.15) is 0 Å². The average Bonchev–Trinajstić information content (AvgIpc) is 3.09. The van der Waals surface area contributed by atoms with E-state index in [2.05, 4.69) is 62.4 Å². The van der Waals surface area contributed by atoms with Gasteiger partial charge in [0.1, 0.15) is 5.78 Å². The second kappa shape index (κ2) is 21.9. The van der Waals surface area contributed by atoms with Gasteiger partial charge in [0.25, 0.3) is 0 Å². The Hall–Kier alpha value is -1.89.